The van der Waals surface area contributed by atoms with Gasteiger partial charge in [-0.05, 0) is 30.2 Å². The molecule has 2 aromatic heterocycles. The number of aromatic hydroxyl groups is 1. The fourth-order valence-corrected chi connectivity index (χ4v) is 2.95. The van der Waals surface area contributed by atoms with E-state index in [-0.39, 0.29) is 17.2 Å². The summed E-state index contributed by atoms with van der Waals surface area (Å²) in [5.74, 6) is -0.273. The van der Waals surface area contributed by atoms with Crippen molar-refractivity contribution in [3.63, 3.8) is 0 Å². The Morgan fingerprint density at radius 2 is 1.88 bits per heavy atom. The first-order valence-electron chi connectivity index (χ1n) is 8.45. The highest BCUT2D eigenvalue weighted by Gasteiger charge is 2.26. The lowest BCUT2D eigenvalue weighted by atomic mass is 10.1. The summed E-state index contributed by atoms with van der Waals surface area (Å²) in [6.07, 6.45) is 1.57. The number of benzene rings is 1. The van der Waals surface area contributed by atoms with E-state index in [1.807, 2.05) is 13.8 Å². The quantitative estimate of drug-likeness (QED) is 0.784. The van der Waals surface area contributed by atoms with E-state index in [0.29, 0.717) is 23.3 Å². The molecule has 0 radical (unpaired) electrons. The van der Waals surface area contributed by atoms with Crippen molar-refractivity contribution >= 4 is 22.6 Å². The summed E-state index contributed by atoms with van der Waals surface area (Å²) < 4.78 is 1.55. The first-order valence-corrected chi connectivity index (χ1v) is 8.45. The molecule has 6 heteroatoms. The number of anilines is 1. The molecule has 3 rings (SSSR count). The average Bonchev–Trinajstić information content (AvgIpc) is 2.65. The van der Waals surface area contributed by atoms with Crippen molar-refractivity contribution in [3.05, 3.63) is 64.6 Å². The Morgan fingerprint density at radius 1 is 1.19 bits per heavy atom. The minimum Gasteiger partial charge on any atom is -0.506 e. The Labute approximate surface area is 151 Å². The second-order valence-corrected chi connectivity index (χ2v) is 6.60. The lowest BCUT2D eigenvalue weighted by Gasteiger charge is -2.20. The van der Waals surface area contributed by atoms with Gasteiger partial charge in [-0.15, -0.1) is 0 Å². The maximum atomic E-state index is 13.1. The smallest absolute Gasteiger partial charge is 0.268 e. The van der Waals surface area contributed by atoms with E-state index < -0.39 is 11.5 Å². The second-order valence-electron chi connectivity index (χ2n) is 6.60. The zero-order chi connectivity index (χ0) is 18.8. The third-order valence-electron chi connectivity index (χ3n) is 4.20. The minimum atomic E-state index is -0.588. The molecule has 0 atom stereocenters. The molecule has 0 aliphatic heterocycles. The number of aromatic nitrogens is 2. The van der Waals surface area contributed by atoms with Gasteiger partial charge < -0.3 is 9.67 Å². The Balaban J connectivity index is 2.23. The van der Waals surface area contributed by atoms with E-state index in [2.05, 4.69) is 4.98 Å². The third-order valence-corrected chi connectivity index (χ3v) is 4.20. The number of para-hydroxylation sites is 1. The van der Waals surface area contributed by atoms with E-state index in [9.17, 15) is 14.7 Å². The summed E-state index contributed by atoms with van der Waals surface area (Å²) in [7, 11) is 1.53. The normalized spacial score (nSPS) is 11.1. The molecule has 2 heterocycles. The first kappa shape index (κ1) is 17.7. The van der Waals surface area contributed by atoms with Crippen molar-refractivity contribution in [2.24, 2.45) is 5.92 Å². The van der Waals surface area contributed by atoms with Gasteiger partial charge in [-0.3, -0.25) is 14.5 Å². The standard InChI is InChI=1S/C20H21N3O3/c1-13(2)12-23-15-9-5-4-8-14(15)18(24)17(20(23)26)19(25)22(3)16-10-6-7-11-21-16/h4-11,13,24H,12H2,1-3H3. The number of carbonyl (C=O) groups excluding carboxylic acids is 1. The van der Waals surface area contributed by atoms with Crippen LogP contribution < -0.4 is 10.5 Å². The molecule has 26 heavy (non-hydrogen) atoms. The van der Waals surface area contributed by atoms with E-state index in [1.165, 1.54) is 11.9 Å². The van der Waals surface area contributed by atoms with Crippen LogP contribution >= 0.6 is 0 Å². The highest BCUT2D eigenvalue weighted by Crippen LogP contribution is 2.28. The van der Waals surface area contributed by atoms with Gasteiger partial charge in [0.1, 0.15) is 17.1 Å². The molecule has 0 aliphatic rings. The molecule has 0 saturated heterocycles. The second kappa shape index (κ2) is 7.00. The molecule has 0 bridgehead atoms. The predicted molar refractivity (Wildman–Crippen MR) is 102 cm³/mol. The van der Waals surface area contributed by atoms with E-state index >= 15 is 0 Å². The van der Waals surface area contributed by atoms with E-state index in [4.69, 9.17) is 0 Å². The number of amides is 1. The molecule has 1 aromatic carbocycles. The van der Waals surface area contributed by atoms with Crippen molar-refractivity contribution in [2.45, 2.75) is 20.4 Å². The number of rotatable bonds is 4. The zero-order valence-corrected chi connectivity index (χ0v) is 15.0. The Kier molecular flexibility index (Phi) is 4.75. The van der Waals surface area contributed by atoms with Gasteiger partial charge in [0.2, 0.25) is 0 Å². The molecule has 6 nitrogen and oxygen atoms in total. The van der Waals surface area contributed by atoms with Crippen LogP contribution in [0.1, 0.15) is 24.2 Å². The fourth-order valence-electron chi connectivity index (χ4n) is 2.95. The van der Waals surface area contributed by atoms with Crippen LogP contribution in [0.15, 0.2) is 53.5 Å². The SMILES string of the molecule is CC(C)Cn1c(=O)c(C(=O)N(C)c2ccccn2)c(O)c2ccccc21. The van der Waals surface area contributed by atoms with Crippen LogP contribution in [0.2, 0.25) is 0 Å². The van der Waals surface area contributed by atoms with Gasteiger partial charge in [-0.1, -0.05) is 32.0 Å². The summed E-state index contributed by atoms with van der Waals surface area (Å²) in [5, 5.41) is 11.2. The number of nitrogens with zero attached hydrogens (tertiary/aromatic N) is 3. The number of hydrogen-bond donors (Lipinski definition) is 1. The lowest BCUT2D eigenvalue weighted by Crippen LogP contribution is -2.35. The van der Waals surface area contributed by atoms with Crippen LogP contribution in [0, 0.1) is 5.92 Å². The molecule has 0 spiro atoms. The predicted octanol–water partition coefficient (Wildman–Crippen LogP) is 3.03. The summed E-state index contributed by atoms with van der Waals surface area (Å²) >= 11 is 0. The Hall–Kier alpha value is -3.15. The van der Waals surface area contributed by atoms with Crippen molar-refractivity contribution in [1.29, 1.82) is 0 Å². The molecule has 1 amide bonds. The van der Waals surface area contributed by atoms with Crippen LogP contribution in [-0.4, -0.2) is 27.6 Å². The maximum absolute atomic E-state index is 13.1. The van der Waals surface area contributed by atoms with Crippen LogP contribution in [0.25, 0.3) is 10.9 Å². The van der Waals surface area contributed by atoms with Gasteiger partial charge in [0.15, 0.2) is 0 Å². The van der Waals surface area contributed by atoms with Crippen molar-refractivity contribution in [2.75, 3.05) is 11.9 Å². The van der Waals surface area contributed by atoms with Crippen molar-refractivity contribution in [3.8, 4) is 5.75 Å². The molecule has 1 N–H and O–H groups in total. The molecular weight excluding hydrogens is 330 g/mol. The molecule has 3 aromatic rings. The fraction of sp³-hybridized carbons (Fsp3) is 0.250. The van der Waals surface area contributed by atoms with Gasteiger partial charge in [-0.2, -0.15) is 0 Å². The van der Waals surface area contributed by atoms with E-state index in [1.54, 1.807) is 53.2 Å². The summed E-state index contributed by atoms with van der Waals surface area (Å²) in [5.41, 5.74) is -0.124. The van der Waals surface area contributed by atoms with E-state index in [0.717, 1.165) is 0 Å². The van der Waals surface area contributed by atoms with Gasteiger partial charge in [0.05, 0.1) is 5.52 Å². The number of fused-ring (bicyclic) bond motifs is 1. The molecule has 0 fully saturated rings. The van der Waals surface area contributed by atoms with Gasteiger partial charge in [0, 0.05) is 25.2 Å². The van der Waals surface area contributed by atoms with Gasteiger partial charge >= 0.3 is 0 Å². The van der Waals surface area contributed by atoms with Crippen molar-refractivity contribution < 1.29 is 9.90 Å². The van der Waals surface area contributed by atoms with Gasteiger partial charge in [0.25, 0.3) is 11.5 Å². The molecular formula is C20H21N3O3. The summed E-state index contributed by atoms with van der Waals surface area (Å²) in [6, 6.07) is 12.2. The molecule has 0 aliphatic carbocycles. The number of carbonyl (C=O) groups is 1. The largest absolute Gasteiger partial charge is 0.506 e. The average molecular weight is 351 g/mol. The topological polar surface area (TPSA) is 75.4 Å². The van der Waals surface area contributed by atoms with Crippen LogP contribution in [0.5, 0.6) is 5.75 Å². The summed E-state index contributed by atoms with van der Waals surface area (Å²) in [4.78, 5) is 31.4. The molecule has 0 unspecified atom stereocenters. The third kappa shape index (κ3) is 3.06. The molecule has 134 valence electrons. The zero-order valence-electron chi connectivity index (χ0n) is 15.0. The summed E-state index contributed by atoms with van der Waals surface area (Å²) in [6.45, 7) is 4.44. The van der Waals surface area contributed by atoms with Crippen LogP contribution in [0.3, 0.4) is 0 Å². The Bertz CT molecular complexity index is 1010. The number of hydrogen-bond acceptors (Lipinski definition) is 4. The lowest BCUT2D eigenvalue weighted by molar-refractivity contribution is 0.0988. The van der Waals surface area contributed by atoms with Gasteiger partial charge in [-0.25, -0.2) is 4.98 Å². The molecule has 0 saturated carbocycles. The van der Waals surface area contributed by atoms with Crippen LogP contribution in [-0.2, 0) is 6.54 Å². The Morgan fingerprint density at radius 3 is 2.54 bits per heavy atom. The first-order chi connectivity index (χ1) is 12.4. The highest BCUT2D eigenvalue weighted by atomic mass is 16.3. The monoisotopic (exact) mass is 351 g/mol. The maximum Gasteiger partial charge on any atom is 0.268 e. The highest BCUT2D eigenvalue weighted by molar-refractivity contribution is 6.09. The van der Waals surface area contributed by atoms with Crippen molar-refractivity contribution in [1.82, 2.24) is 9.55 Å². The number of pyridine rings is 2. The van der Waals surface area contributed by atoms with Crippen LogP contribution in [0.4, 0.5) is 5.82 Å². The minimum absolute atomic E-state index is 0.206.